The summed E-state index contributed by atoms with van der Waals surface area (Å²) < 4.78 is 5.37. The van der Waals surface area contributed by atoms with Crippen LogP contribution in [0.25, 0.3) is 0 Å². The van der Waals surface area contributed by atoms with E-state index in [4.69, 9.17) is 16.3 Å². The zero-order chi connectivity index (χ0) is 18.6. The summed E-state index contributed by atoms with van der Waals surface area (Å²) in [6, 6.07) is 3.52. The summed E-state index contributed by atoms with van der Waals surface area (Å²) in [5.41, 5.74) is 1.50. The molecule has 1 fully saturated rings. The highest BCUT2D eigenvalue weighted by atomic mass is 35.5. The lowest BCUT2D eigenvalue weighted by molar-refractivity contribution is -0.132. The minimum atomic E-state index is -0.133. The Morgan fingerprint density at radius 3 is 2.44 bits per heavy atom. The number of benzene rings is 1. The zero-order valence-electron chi connectivity index (χ0n) is 15.3. The molecule has 25 heavy (non-hydrogen) atoms. The van der Waals surface area contributed by atoms with Crippen molar-refractivity contribution in [1.29, 1.82) is 0 Å². The van der Waals surface area contributed by atoms with Gasteiger partial charge in [0.15, 0.2) is 0 Å². The van der Waals surface area contributed by atoms with E-state index >= 15 is 0 Å². The van der Waals surface area contributed by atoms with E-state index in [1.165, 1.54) is 14.0 Å². The number of rotatable bonds is 5. The van der Waals surface area contributed by atoms with Crippen LogP contribution in [0, 0.1) is 6.92 Å². The largest absolute Gasteiger partial charge is 0.495 e. The van der Waals surface area contributed by atoms with E-state index in [2.05, 4.69) is 11.9 Å². The quantitative estimate of drug-likeness (QED) is 0.800. The molecule has 0 aromatic heterocycles. The van der Waals surface area contributed by atoms with Gasteiger partial charge in [-0.15, -0.1) is 0 Å². The Balaban J connectivity index is 2.10. The van der Waals surface area contributed by atoms with Gasteiger partial charge >= 0.3 is 0 Å². The van der Waals surface area contributed by atoms with Gasteiger partial charge in [0.2, 0.25) is 11.8 Å². The number of likely N-dealkylation sites (N-methyl/N-ethyl adjacent to an activating group) is 1. The first-order chi connectivity index (χ1) is 11.8. The Morgan fingerprint density at radius 2 is 1.88 bits per heavy atom. The lowest BCUT2D eigenvalue weighted by atomic mass is 10.1. The maximum atomic E-state index is 12.5. The van der Waals surface area contributed by atoms with Crippen molar-refractivity contribution in [2.45, 2.75) is 20.3 Å². The molecule has 7 heteroatoms. The van der Waals surface area contributed by atoms with E-state index in [0.717, 1.165) is 31.7 Å². The highest BCUT2D eigenvalue weighted by Crippen LogP contribution is 2.34. The maximum Gasteiger partial charge on any atom is 0.224 e. The third-order valence-electron chi connectivity index (χ3n) is 4.54. The van der Waals surface area contributed by atoms with Crippen LogP contribution in [0.5, 0.6) is 5.75 Å². The van der Waals surface area contributed by atoms with Gasteiger partial charge in [0.25, 0.3) is 0 Å². The fourth-order valence-electron chi connectivity index (χ4n) is 2.89. The minimum Gasteiger partial charge on any atom is -0.495 e. The summed E-state index contributed by atoms with van der Waals surface area (Å²) >= 11 is 6.14. The fourth-order valence-corrected chi connectivity index (χ4v) is 3.05. The molecule has 1 aromatic rings. The topological polar surface area (TPSA) is 53.1 Å². The summed E-state index contributed by atoms with van der Waals surface area (Å²) in [4.78, 5) is 30.2. The molecule has 0 spiro atoms. The van der Waals surface area contributed by atoms with Crippen molar-refractivity contribution in [2.24, 2.45) is 0 Å². The van der Waals surface area contributed by atoms with Crippen molar-refractivity contribution in [1.82, 2.24) is 9.80 Å². The number of hydrogen-bond acceptors (Lipinski definition) is 4. The number of amides is 2. The minimum absolute atomic E-state index is 0.0732. The number of methoxy groups -OCH3 is 1. The molecule has 0 saturated carbocycles. The molecule has 6 nitrogen and oxygen atoms in total. The Hall–Kier alpha value is -1.79. The first kappa shape index (κ1) is 19.5. The summed E-state index contributed by atoms with van der Waals surface area (Å²) in [6.45, 7) is 6.91. The van der Waals surface area contributed by atoms with E-state index in [1.807, 2.05) is 17.9 Å². The van der Waals surface area contributed by atoms with Crippen LogP contribution in [0.4, 0.5) is 5.69 Å². The SMILES string of the molecule is COc1cc(Cl)c(C)cc1N(CCC(=O)N1CCN(C)CC1)C(C)=O. The zero-order valence-corrected chi connectivity index (χ0v) is 16.1. The second kappa shape index (κ2) is 8.54. The normalized spacial score (nSPS) is 15.2. The van der Waals surface area contributed by atoms with Crippen molar-refractivity contribution >= 4 is 29.1 Å². The van der Waals surface area contributed by atoms with Crippen LogP contribution >= 0.6 is 11.6 Å². The van der Waals surface area contributed by atoms with Gasteiger partial charge in [-0.3, -0.25) is 9.59 Å². The van der Waals surface area contributed by atoms with Crippen LogP contribution in [0.1, 0.15) is 18.9 Å². The molecule has 1 saturated heterocycles. The number of anilines is 1. The van der Waals surface area contributed by atoms with E-state index in [-0.39, 0.29) is 18.2 Å². The van der Waals surface area contributed by atoms with Gasteiger partial charge in [-0.05, 0) is 25.6 Å². The van der Waals surface area contributed by atoms with Crippen molar-refractivity contribution in [2.75, 3.05) is 51.8 Å². The van der Waals surface area contributed by atoms with E-state index in [0.29, 0.717) is 23.0 Å². The average Bonchev–Trinajstić information content (AvgIpc) is 2.58. The Labute approximate surface area is 154 Å². The van der Waals surface area contributed by atoms with Gasteiger partial charge in [-0.1, -0.05) is 11.6 Å². The van der Waals surface area contributed by atoms with E-state index in [1.54, 1.807) is 11.0 Å². The monoisotopic (exact) mass is 367 g/mol. The van der Waals surface area contributed by atoms with Crippen LogP contribution in [0.3, 0.4) is 0 Å². The third-order valence-corrected chi connectivity index (χ3v) is 4.94. The summed E-state index contributed by atoms with van der Waals surface area (Å²) in [5, 5.41) is 0.581. The van der Waals surface area contributed by atoms with Gasteiger partial charge in [0.05, 0.1) is 12.8 Å². The molecular weight excluding hydrogens is 342 g/mol. The number of carbonyl (C=O) groups excluding carboxylic acids is 2. The summed E-state index contributed by atoms with van der Waals surface area (Å²) in [6.07, 6.45) is 0.286. The second-order valence-electron chi connectivity index (χ2n) is 6.38. The molecule has 1 aliphatic rings. The molecule has 0 radical (unpaired) electrons. The first-order valence-corrected chi connectivity index (χ1v) is 8.79. The highest BCUT2D eigenvalue weighted by Gasteiger charge is 2.22. The van der Waals surface area contributed by atoms with Crippen molar-refractivity contribution < 1.29 is 14.3 Å². The number of halogens is 1. The number of nitrogens with zero attached hydrogens (tertiary/aromatic N) is 3. The Kier molecular flexibility index (Phi) is 6.67. The van der Waals surface area contributed by atoms with Crippen LogP contribution in [-0.2, 0) is 9.59 Å². The Morgan fingerprint density at radius 1 is 1.24 bits per heavy atom. The molecule has 1 heterocycles. The molecule has 0 unspecified atom stereocenters. The number of ether oxygens (including phenoxy) is 1. The van der Waals surface area contributed by atoms with Crippen molar-refractivity contribution in [3.63, 3.8) is 0 Å². The molecule has 0 N–H and O–H groups in total. The summed E-state index contributed by atoms with van der Waals surface area (Å²) in [7, 11) is 3.59. The van der Waals surface area contributed by atoms with Gasteiger partial charge < -0.3 is 19.4 Å². The highest BCUT2D eigenvalue weighted by molar-refractivity contribution is 6.31. The number of aryl methyl sites for hydroxylation is 1. The van der Waals surface area contributed by atoms with Crippen molar-refractivity contribution in [3.8, 4) is 5.75 Å². The molecule has 0 bridgehead atoms. The first-order valence-electron chi connectivity index (χ1n) is 8.42. The molecule has 2 rings (SSSR count). The average molecular weight is 368 g/mol. The lowest BCUT2D eigenvalue weighted by Crippen LogP contribution is -2.47. The van der Waals surface area contributed by atoms with Crippen LogP contribution < -0.4 is 9.64 Å². The fraction of sp³-hybridized carbons (Fsp3) is 0.556. The van der Waals surface area contributed by atoms with Crippen LogP contribution in [0.15, 0.2) is 12.1 Å². The molecule has 138 valence electrons. The molecule has 1 aromatic carbocycles. The lowest BCUT2D eigenvalue weighted by Gasteiger charge is -2.33. The van der Waals surface area contributed by atoms with Crippen LogP contribution in [0.2, 0.25) is 5.02 Å². The molecule has 0 atom stereocenters. The van der Waals surface area contributed by atoms with Gasteiger partial charge in [0, 0.05) is 57.2 Å². The second-order valence-corrected chi connectivity index (χ2v) is 6.79. The number of hydrogen-bond donors (Lipinski definition) is 0. The number of carbonyl (C=O) groups is 2. The predicted molar refractivity (Wildman–Crippen MR) is 99.5 cm³/mol. The molecule has 1 aliphatic heterocycles. The smallest absolute Gasteiger partial charge is 0.224 e. The molecule has 0 aliphatic carbocycles. The molecular formula is C18H26ClN3O3. The van der Waals surface area contributed by atoms with Gasteiger partial charge in [0.1, 0.15) is 5.75 Å². The van der Waals surface area contributed by atoms with Crippen molar-refractivity contribution in [3.05, 3.63) is 22.7 Å². The van der Waals surface area contributed by atoms with E-state index < -0.39 is 0 Å². The standard InChI is InChI=1S/C18H26ClN3O3/c1-13-11-16(17(25-4)12-15(13)19)22(14(2)23)6-5-18(24)21-9-7-20(3)8-10-21/h11-12H,5-10H2,1-4H3. The summed E-state index contributed by atoms with van der Waals surface area (Å²) in [5.74, 6) is 0.466. The number of piperazine rings is 1. The maximum absolute atomic E-state index is 12.5. The Bertz CT molecular complexity index is 643. The van der Waals surface area contributed by atoms with E-state index in [9.17, 15) is 9.59 Å². The predicted octanol–water partition coefficient (Wildman–Crippen LogP) is 2.17. The van der Waals surface area contributed by atoms with Gasteiger partial charge in [-0.2, -0.15) is 0 Å². The van der Waals surface area contributed by atoms with Crippen LogP contribution in [-0.4, -0.2) is 68.5 Å². The van der Waals surface area contributed by atoms with Gasteiger partial charge in [-0.25, -0.2) is 0 Å². The third kappa shape index (κ3) is 4.86. The molecule has 2 amide bonds.